The molecule has 1 aromatic carbocycles. The zero-order valence-electron chi connectivity index (χ0n) is 8.58. The Morgan fingerprint density at radius 2 is 2.06 bits per heavy atom. The molecular formula is C9H7FNNaO3S. The van der Waals surface area contributed by atoms with E-state index in [-0.39, 0.29) is 40.4 Å². The van der Waals surface area contributed by atoms with Crippen LogP contribution in [-0.4, -0.2) is 14.7 Å². The Morgan fingerprint density at radius 1 is 1.38 bits per heavy atom. The predicted octanol–water partition coefficient (Wildman–Crippen LogP) is -2.05. The monoisotopic (exact) mass is 251 g/mol. The van der Waals surface area contributed by atoms with Crippen LogP contribution in [0.15, 0.2) is 17.0 Å². The molecule has 0 radical (unpaired) electrons. The van der Waals surface area contributed by atoms with Crippen LogP contribution in [0.3, 0.4) is 0 Å². The molecule has 1 aliphatic heterocycles. The second kappa shape index (κ2) is 5.37. The standard InChI is InChI=1S/C9H8FNO3S.Na/c10-6-4-7-5(1-2-9(12)11-7)3-8(6)15(13)14;/h3-4H,1-2H2,(H,11,12)(H,13,14);/q;+1/p-1. The fraction of sp³-hybridized carbons (Fsp3) is 0.222. The van der Waals surface area contributed by atoms with E-state index < -0.39 is 16.9 Å². The van der Waals surface area contributed by atoms with E-state index in [1.54, 1.807) is 0 Å². The first-order chi connectivity index (χ1) is 7.08. The first-order valence-electron chi connectivity index (χ1n) is 4.29. The number of carbonyl (C=O) groups excluding carboxylic acids is 1. The molecule has 7 heteroatoms. The van der Waals surface area contributed by atoms with Gasteiger partial charge in [-0.05, 0) is 35.2 Å². The van der Waals surface area contributed by atoms with Crippen molar-refractivity contribution in [3.63, 3.8) is 0 Å². The minimum absolute atomic E-state index is 0. The molecule has 1 N–H and O–H groups in total. The van der Waals surface area contributed by atoms with Crippen LogP contribution in [-0.2, 0) is 22.3 Å². The Kier molecular flexibility index (Phi) is 4.63. The maximum Gasteiger partial charge on any atom is 1.00 e. The second-order valence-electron chi connectivity index (χ2n) is 3.22. The summed E-state index contributed by atoms with van der Waals surface area (Å²) in [5.74, 6) is -1.03. The third-order valence-corrected chi connectivity index (χ3v) is 2.90. The van der Waals surface area contributed by atoms with Crippen LogP contribution in [0.1, 0.15) is 12.0 Å². The molecule has 0 aromatic heterocycles. The molecule has 1 unspecified atom stereocenters. The van der Waals surface area contributed by atoms with Crippen molar-refractivity contribution in [2.24, 2.45) is 0 Å². The van der Waals surface area contributed by atoms with Crippen molar-refractivity contribution in [3.8, 4) is 0 Å². The summed E-state index contributed by atoms with van der Waals surface area (Å²) in [7, 11) is 0. The van der Waals surface area contributed by atoms with Crippen LogP contribution < -0.4 is 34.9 Å². The number of nitrogens with one attached hydrogen (secondary N) is 1. The van der Waals surface area contributed by atoms with E-state index in [1.165, 1.54) is 6.07 Å². The Bertz CT molecular complexity index is 466. The molecule has 0 saturated heterocycles. The van der Waals surface area contributed by atoms with Gasteiger partial charge in [0.1, 0.15) is 5.82 Å². The number of anilines is 1. The summed E-state index contributed by atoms with van der Waals surface area (Å²) in [5, 5.41) is 2.49. The van der Waals surface area contributed by atoms with Crippen molar-refractivity contribution < 1.29 is 47.5 Å². The van der Waals surface area contributed by atoms with Crippen LogP contribution in [0.5, 0.6) is 0 Å². The number of halogens is 1. The first kappa shape index (κ1) is 13.8. The van der Waals surface area contributed by atoms with Gasteiger partial charge >= 0.3 is 29.6 Å². The van der Waals surface area contributed by atoms with E-state index in [2.05, 4.69) is 5.32 Å². The van der Waals surface area contributed by atoms with E-state index in [0.29, 0.717) is 24.1 Å². The molecule has 0 aliphatic carbocycles. The largest absolute Gasteiger partial charge is 1.00 e. The van der Waals surface area contributed by atoms with Crippen LogP contribution in [0, 0.1) is 5.82 Å². The van der Waals surface area contributed by atoms with Gasteiger partial charge in [0.15, 0.2) is 0 Å². The van der Waals surface area contributed by atoms with E-state index >= 15 is 0 Å². The fourth-order valence-electron chi connectivity index (χ4n) is 1.51. The third kappa shape index (κ3) is 2.70. The van der Waals surface area contributed by atoms with Gasteiger partial charge < -0.3 is 9.87 Å². The minimum atomic E-state index is -2.59. The SMILES string of the molecule is O=C1CCc2cc(S(=O)[O-])c(F)cc2N1.[Na+]. The molecule has 1 aliphatic rings. The van der Waals surface area contributed by atoms with Gasteiger partial charge in [0.05, 0.1) is 4.90 Å². The van der Waals surface area contributed by atoms with Crippen molar-refractivity contribution in [1.29, 1.82) is 0 Å². The van der Waals surface area contributed by atoms with Gasteiger partial charge in [-0.1, -0.05) is 0 Å². The van der Waals surface area contributed by atoms with Crippen molar-refractivity contribution in [2.75, 3.05) is 5.32 Å². The number of benzene rings is 1. The number of rotatable bonds is 1. The van der Waals surface area contributed by atoms with Gasteiger partial charge in [-0.15, -0.1) is 0 Å². The van der Waals surface area contributed by atoms with Gasteiger partial charge in [-0.2, -0.15) is 0 Å². The van der Waals surface area contributed by atoms with Crippen LogP contribution >= 0.6 is 0 Å². The number of hydrogen-bond acceptors (Lipinski definition) is 3. The van der Waals surface area contributed by atoms with Crippen LogP contribution in [0.25, 0.3) is 0 Å². The summed E-state index contributed by atoms with van der Waals surface area (Å²) >= 11 is -2.59. The van der Waals surface area contributed by atoms with Crippen molar-refractivity contribution in [2.45, 2.75) is 17.7 Å². The Balaban J connectivity index is 0.00000128. The first-order valence-corrected chi connectivity index (χ1v) is 5.37. The molecule has 0 saturated carbocycles. The Labute approximate surface area is 116 Å². The van der Waals surface area contributed by atoms with Crippen molar-refractivity contribution in [1.82, 2.24) is 0 Å². The number of fused-ring (bicyclic) bond motifs is 1. The molecule has 0 spiro atoms. The van der Waals surface area contributed by atoms with Crippen molar-refractivity contribution in [3.05, 3.63) is 23.5 Å². The molecule has 16 heavy (non-hydrogen) atoms. The number of amides is 1. The maximum absolute atomic E-state index is 13.2. The van der Waals surface area contributed by atoms with Gasteiger partial charge in [-0.3, -0.25) is 9.00 Å². The molecule has 2 rings (SSSR count). The minimum Gasteiger partial charge on any atom is -0.768 e. The molecule has 80 valence electrons. The van der Waals surface area contributed by atoms with Gasteiger partial charge in [0.2, 0.25) is 5.91 Å². The summed E-state index contributed by atoms with van der Waals surface area (Å²) in [6, 6.07) is 2.30. The smallest absolute Gasteiger partial charge is 0.768 e. The van der Waals surface area contributed by atoms with E-state index in [4.69, 9.17) is 0 Å². The molecule has 0 bridgehead atoms. The summed E-state index contributed by atoms with van der Waals surface area (Å²) in [4.78, 5) is 10.6. The molecule has 1 aromatic rings. The number of carbonyl (C=O) groups is 1. The number of hydrogen-bond donors (Lipinski definition) is 1. The number of aryl methyl sites for hydroxylation is 1. The van der Waals surface area contributed by atoms with E-state index in [9.17, 15) is 17.9 Å². The normalized spacial score (nSPS) is 15.8. The topological polar surface area (TPSA) is 69.2 Å². The second-order valence-corrected chi connectivity index (χ2v) is 4.13. The molecule has 1 atom stereocenters. The van der Waals surface area contributed by atoms with Gasteiger partial charge in [-0.25, -0.2) is 4.39 Å². The summed E-state index contributed by atoms with van der Waals surface area (Å²) in [6.07, 6.45) is 0.731. The van der Waals surface area contributed by atoms with E-state index in [0.717, 1.165) is 6.07 Å². The molecular weight excluding hydrogens is 244 g/mol. The molecule has 4 nitrogen and oxygen atoms in total. The molecule has 0 fully saturated rings. The Morgan fingerprint density at radius 3 is 2.69 bits per heavy atom. The Hall–Kier alpha value is -0.270. The molecule has 1 amide bonds. The predicted molar refractivity (Wildman–Crippen MR) is 50.5 cm³/mol. The summed E-state index contributed by atoms with van der Waals surface area (Å²) in [5.41, 5.74) is 1.01. The summed E-state index contributed by atoms with van der Waals surface area (Å²) < 4.78 is 34.5. The average molecular weight is 251 g/mol. The van der Waals surface area contributed by atoms with Crippen molar-refractivity contribution >= 4 is 22.7 Å². The molecule has 1 heterocycles. The average Bonchev–Trinajstić information content (AvgIpc) is 2.15. The summed E-state index contributed by atoms with van der Waals surface area (Å²) in [6.45, 7) is 0. The third-order valence-electron chi connectivity index (χ3n) is 2.23. The van der Waals surface area contributed by atoms with Gasteiger partial charge in [0, 0.05) is 12.1 Å². The van der Waals surface area contributed by atoms with E-state index in [1.807, 2.05) is 0 Å². The van der Waals surface area contributed by atoms with Crippen LogP contribution in [0.2, 0.25) is 0 Å². The quantitative estimate of drug-likeness (QED) is 0.461. The maximum atomic E-state index is 13.2. The van der Waals surface area contributed by atoms with Crippen LogP contribution in [0.4, 0.5) is 10.1 Å². The zero-order chi connectivity index (χ0) is 11.0. The fourth-order valence-corrected chi connectivity index (χ4v) is 1.96. The zero-order valence-corrected chi connectivity index (χ0v) is 11.4. The van der Waals surface area contributed by atoms with Gasteiger partial charge in [0.25, 0.3) is 0 Å².